The zero-order valence-electron chi connectivity index (χ0n) is 9.34. The van der Waals surface area contributed by atoms with Gasteiger partial charge in [-0.05, 0) is 54.0 Å². The summed E-state index contributed by atoms with van der Waals surface area (Å²) < 4.78 is 14.0. The van der Waals surface area contributed by atoms with E-state index in [0.717, 1.165) is 31.7 Å². The minimum absolute atomic E-state index is 0.192. The Hall–Kier alpha value is -0.610. The fourth-order valence-electron chi connectivity index (χ4n) is 2.02. The Morgan fingerprint density at radius 2 is 2.31 bits per heavy atom. The highest BCUT2D eigenvalue weighted by Crippen LogP contribution is 2.23. The van der Waals surface area contributed by atoms with Crippen molar-refractivity contribution in [1.82, 2.24) is 5.32 Å². The lowest BCUT2D eigenvalue weighted by Crippen LogP contribution is -2.35. The molecule has 4 heteroatoms. The van der Waals surface area contributed by atoms with Crippen molar-refractivity contribution in [3.05, 3.63) is 28.5 Å². The van der Waals surface area contributed by atoms with Crippen LogP contribution in [0, 0.1) is 5.82 Å². The minimum Gasteiger partial charge on any atom is -0.370 e. The molecule has 0 radical (unpaired) electrons. The first kappa shape index (κ1) is 11.9. The normalized spacial score (nSPS) is 21.9. The van der Waals surface area contributed by atoms with Gasteiger partial charge in [0.2, 0.25) is 0 Å². The number of nitrogens with one attached hydrogen (secondary N) is 1. The summed E-state index contributed by atoms with van der Waals surface area (Å²) in [5.74, 6) is -0.192. The Morgan fingerprint density at radius 3 is 3.06 bits per heavy atom. The van der Waals surface area contributed by atoms with Gasteiger partial charge in [-0.3, -0.25) is 0 Å². The summed E-state index contributed by atoms with van der Waals surface area (Å²) in [4.78, 5) is 2.24. The van der Waals surface area contributed by atoms with E-state index in [9.17, 15) is 4.39 Å². The van der Waals surface area contributed by atoms with Gasteiger partial charge in [-0.1, -0.05) is 0 Å². The van der Waals surface area contributed by atoms with Gasteiger partial charge in [-0.15, -0.1) is 0 Å². The molecule has 0 aliphatic carbocycles. The summed E-state index contributed by atoms with van der Waals surface area (Å²) in [6.45, 7) is 5.11. The van der Waals surface area contributed by atoms with E-state index >= 15 is 0 Å². The molecule has 1 aromatic carbocycles. The van der Waals surface area contributed by atoms with Crippen molar-refractivity contribution < 1.29 is 4.39 Å². The molecule has 0 aromatic heterocycles. The van der Waals surface area contributed by atoms with Crippen LogP contribution in [0.1, 0.15) is 13.3 Å². The lowest BCUT2D eigenvalue weighted by atomic mass is 10.2. The molecule has 2 nitrogen and oxygen atoms in total. The third kappa shape index (κ3) is 2.74. The molecule has 88 valence electrons. The number of anilines is 1. The highest BCUT2D eigenvalue weighted by Gasteiger charge is 2.15. The molecule has 16 heavy (non-hydrogen) atoms. The van der Waals surface area contributed by atoms with E-state index in [1.54, 1.807) is 12.1 Å². The van der Waals surface area contributed by atoms with E-state index in [4.69, 9.17) is 0 Å². The van der Waals surface area contributed by atoms with Crippen LogP contribution in [0.15, 0.2) is 22.7 Å². The average Bonchev–Trinajstić information content (AvgIpc) is 2.47. The van der Waals surface area contributed by atoms with Crippen molar-refractivity contribution in [2.45, 2.75) is 19.4 Å². The summed E-state index contributed by atoms with van der Waals surface area (Å²) in [6.07, 6.45) is 1.10. The van der Waals surface area contributed by atoms with E-state index in [0.29, 0.717) is 10.5 Å². The molecule has 1 unspecified atom stereocenters. The Balaban J connectivity index is 2.18. The van der Waals surface area contributed by atoms with Gasteiger partial charge in [0.05, 0.1) is 4.47 Å². The zero-order valence-corrected chi connectivity index (χ0v) is 10.9. The highest BCUT2D eigenvalue weighted by atomic mass is 79.9. The molecular formula is C12H16BrFN2. The van der Waals surface area contributed by atoms with Crippen LogP contribution in [0.4, 0.5) is 10.1 Å². The van der Waals surface area contributed by atoms with E-state index in [2.05, 4.69) is 33.1 Å². The zero-order chi connectivity index (χ0) is 11.5. The summed E-state index contributed by atoms with van der Waals surface area (Å²) in [5, 5.41) is 3.43. The highest BCUT2D eigenvalue weighted by molar-refractivity contribution is 9.10. The largest absolute Gasteiger partial charge is 0.370 e. The SMILES string of the molecule is CC1CN(c2ccc(Br)c(F)c2)CCCN1. The molecule has 1 aromatic rings. The van der Waals surface area contributed by atoms with Gasteiger partial charge in [-0.2, -0.15) is 0 Å². The van der Waals surface area contributed by atoms with Crippen LogP contribution >= 0.6 is 15.9 Å². The maximum atomic E-state index is 13.4. The molecule has 0 spiro atoms. The quantitative estimate of drug-likeness (QED) is 0.854. The van der Waals surface area contributed by atoms with E-state index in [1.807, 2.05) is 6.07 Å². The molecule has 1 aliphatic heterocycles. The molecule has 0 saturated carbocycles. The maximum absolute atomic E-state index is 13.4. The molecule has 0 amide bonds. The van der Waals surface area contributed by atoms with Gasteiger partial charge in [0.1, 0.15) is 5.82 Å². The predicted molar refractivity (Wildman–Crippen MR) is 68.4 cm³/mol. The first-order valence-electron chi connectivity index (χ1n) is 5.60. The van der Waals surface area contributed by atoms with Gasteiger partial charge >= 0.3 is 0 Å². The molecular weight excluding hydrogens is 271 g/mol. The van der Waals surface area contributed by atoms with Crippen LogP contribution in [-0.2, 0) is 0 Å². The molecule has 1 saturated heterocycles. The van der Waals surface area contributed by atoms with Crippen LogP contribution in [0.3, 0.4) is 0 Å². The molecule has 1 aliphatic rings. The van der Waals surface area contributed by atoms with Crippen LogP contribution in [0.2, 0.25) is 0 Å². The van der Waals surface area contributed by atoms with Crippen molar-refractivity contribution in [2.75, 3.05) is 24.5 Å². The number of rotatable bonds is 1. The van der Waals surface area contributed by atoms with E-state index < -0.39 is 0 Å². The van der Waals surface area contributed by atoms with Crippen molar-refractivity contribution in [2.24, 2.45) is 0 Å². The molecule has 2 rings (SSSR count). The monoisotopic (exact) mass is 286 g/mol. The molecule has 1 heterocycles. The second-order valence-electron chi connectivity index (χ2n) is 4.25. The maximum Gasteiger partial charge on any atom is 0.139 e. The van der Waals surface area contributed by atoms with E-state index in [1.165, 1.54) is 0 Å². The lowest BCUT2D eigenvalue weighted by Gasteiger charge is -2.25. The lowest BCUT2D eigenvalue weighted by molar-refractivity contribution is 0.583. The van der Waals surface area contributed by atoms with E-state index in [-0.39, 0.29) is 5.82 Å². The minimum atomic E-state index is -0.192. The Kier molecular flexibility index (Phi) is 3.82. The first-order valence-corrected chi connectivity index (χ1v) is 6.39. The van der Waals surface area contributed by atoms with Crippen LogP contribution in [-0.4, -0.2) is 25.7 Å². The topological polar surface area (TPSA) is 15.3 Å². The summed E-state index contributed by atoms with van der Waals surface area (Å²) >= 11 is 3.17. The number of nitrogens with zero attached hydrogens (tertiary/aromatic N) is 1. The van der Waals surface area contributed by atoms with Gasteiger partial charge in [0, 0.05) is 24.8 Å². The van der Waals surface area contributed by atoms with Crippen LogP contribution in [0.25, 0.3) is 0 Å². The molecule has 1 atom stereocenters. The van der Waals surface area contributed by atoms with Crippen molar-refractivity contribution >= 4 is 21.6 Å². The number of halogens is 2. The van der Waals surface area contributed by atoms with Crippen LogP contribution < -0.4 is 10.2 Å². The fourth-order valence-corrected chi connectivity index (χ4v) is 2.27. The number of hydrogen-bond acceptors (Lipinski definition) is 2. The summed E-state index contributed by atoms with van der Waals surface area (Å²) in [7, 11) is 0. The third-order valence-corrected chi connectivity index (χ3v) is 3.50. The Bertz CT molecular complexity index is 370. The number of hydrogen-bond donors (Lipinski definition) is 1. The van der Waals surface area contributed by atoms with Gasteiger partial charge in [-0.25, -0.2) is 4.39 Å². The fraction of sp³-hybridized carbons (Fsp3) is 0.500. The van der Waals surface area contributed by atoms with Gasteiger partial charge in [0.25, 0.3) is 0 Å². The second kappa shape index (κ2) is 5.15. The average molecular weight is 287 g/mol. The van der Waals surface area contributed by atoms with Crippen molar-refractivity contribution in [3.63, 3.8) is 0 Å². The standard InChI is InChI=1S/C12H16BrFN2/c1-9-8-16(6-2-5-15-9)10-3-4-11(13)12(14)7-10/h3-4,7,9,15H,2,5-6,8H2,1H3. The third-order valence-electron chi connectivity index (χ3n) is 2.86. The first-order chi connectivity index (χ1) is 7.66. The second-order valence-corrected chi connectivity index (χ2v) is 5.11. The molecule has 1 fully saturated rings. The summed E-state index contributed by atoms with van der Waals surface area (Å²) in [6, 6.07) is 5.79. The van der Waals surface area contributed by atoms with Crippen molar-refractivity contribution in [1.29, 1.82) is 0 Å². The predicted octanol–water partition coefficient (Wildman–Crippen LogP) is 2.78. The van der Waals surface area contributed by atoms with Gasteiger partial charge < -0.3 is 10.2 Å². The number of benzene rings is 1. The van der Waals surface area contributed by atoms with Crippen LogP contribution in [0.5, 0.6) is 0 Å². The summed E-state index contributed by atoms with van der Waals surface area (Å²) in [5.41, 5.74) is 0.969. The Morgan fingerprint density at radius 1 is 1.50 bits per heavy atom. The van der Waals surface area contributed by atoms with Gasteiger partial charge in [0.15, 0.2) is 0 Å². The Labute approximate surface area is 104 Å². The molecule has 0 bridgehead atoms. The smallest absolute Gasteiger partial charge is 0.139 e. The molecule has 1 N–H and O–H groups in total. The van der Waals surface area contributed by atoms with Crippen molar-refractivity contribution in [3.8, 4) is 0 Å².